The van der Waals surface area contributed by atoms with Crippen molar-refractivity contribution in [3.63, 3.8) is 0 Å². The second-order valence-corrected chi connectivity index (χ2v) is 8.87. The summed E-state index contributed by atoms with van der Waals surface area (Å²) >= 11 is 0. The number of amides is 1. The summed E-state index contributed by atoms with van der Waals surface area (Å²) < 4.78 is 23.6. The Morgan fingerprint density at radius 2 is 2.08 bits per heavy atom. The molecule has 0 aromatic heterocycles. The standard InChI is InChI=1S/C15H19N3O5S/c1-10-9-17(6-7-24(10,22)23)13-5-2-11(8-14(13)18(20)21)15(19)16-12-3-4-12/h2,5,8,10,12H,3-4,6-7,9H2,1H3,(H,16,19). The average Bonchev–Trinajstić information content (AvgIpc) is 3.33. The maximum atomic E-state index is 12.1. The molecule has 1 amide bonds. The highest BCUT2D eigenvalue weighted by Crippen LogP contribution is 2.31. The summed E-state index contributed by atoms with van der Waals surface area (Å²) in [7, 11) is -3.14. The van der Waals surface area contributed by atoms with Crippen molar-refractivity contribution in [2.24, 2.45) is 0 Å². The van der Waals surface area contributed by atoms with Gasteiger partial charge < -0.3 is 10.2 Å². The average molecular weight is 353 g/mol. The van der Waals surface area contributed by atoms with Gasteiger partial charge in [0.15, 0.2) is 9.84 Å². The number of hydrogen-bond acceptors (Lipinski definition) is 6. The van der Waals surface area contributed by atoms with E-state index < -0.39 is 20.0 Å². The number of nitro groups is 1. The number of sulfone groups is 1. The number of nitrogens with one attached hydrogen (secondary N) is 1. The van der Waals surface area contributed by atoms with Crippen LogP contribution >= 0.6 is 0 Å². The zero-order valence-electron chi connectivity index (χ0n) is 13.3. The van der Waals surface area contributed by atoms with E-state index in [0.717, 1.165) is 12.8 Å². The highest BCUT2D eigenvalue weighted by Gasteiger charge is 2.33. The molecule has 1 atom stereocenters. The van der Waals surface area contributed by atoms with Crippen LogP contribution in [0.4, 0.5) is 11.4 Å². The summed E-state index contributed by atoms with van der Waals surface area (Å²) in [6.07, 6.45) is 1.87. The predicted octanol–water partition coefficient (Wildman–Crippen LogP) is 1.11. The molecular weight excluding hydrogens is 334 g/mol. The quantitative estimate of drug-likeness (QED) is 0.641. The normalized spacial score (nSPS) is 22.9. The number of nitrogens with zero attached hydrogens (tertiary/aromatic N) is 2. The van der Waals surface area contributed by atoms with Gasteiger partial charge in [-0.1, -0.05) is 0 Å². The van der Waals surface area contributed by atoms with Crippen molar-refractivity contribution >= 4 is 27.1 Å². The molecule has 1 aromatic carbocycles. The number of anilines is 1. The fraction of sp³-hybridized carbons (Fsp3) is 0.533. The molecule has 0 radical (unpaired) electrons. The van der Waals surface area contributed by atoms with E-state index in [1.807, 2.05) is 0 Å². The molecule has 2 fully saturated rings. The summed E-state index contributed by atoms with van der Waals surface area (Å²) in [4.78, 5) is 24.6. The lowest BCUT2D eigenvalue weighted by Crippen LogP contribution is -2.45. The maximum absolute atomic E-state index is 12.1. The molecule has 1 aromatic rings. The Morgan fingerprint density at radius 1 is 1.38 bits per heavy atom. The first-order chi connectivity index (χ1) is 11.3. The van der Waals surface area contributed by atoms with Gasteiger partial charge in [0.05, 0.1) is 15.9 Å². The SMILES string of the molecule is CC1CN(c2ccc(C(=O)NC3CC3)cc2[N+](=O)[O-])CCS1(=O)=O. The summed E-state index contributed by atoms with van der Waals surface area (Å²) in [5, 5.41) is 13.6. The Morgan fingerprint density at radius 3 is 2.67 bits per heavy atom. The van der Waals surface area contributed by atoms with Crippen LogP contribution in [0.25, 0.3) is 0 Å². The van der Waals surface area contributed by atoms with Crippen molar-refractivity contribution in [1.29, 1.82) is 0 Å². The van der Waals surface area contributed by atoms with Gasteiger partial charge in [-0.25, -0.2) is 8.42 Å². The molecule has 1 aliphatic heterocycles. The molecule has 1 heterocycles. The molecule has 1 N–H and O–H groups in total. The smallest absolute Gasteiger partial charge is 0.293 e. The first kappa shape index (κ1) is 16.7. The van der Waals surface area contributed by atoms with Gasteiger partial charge in [-0.2, -0.15) is 0 Å². The molecule has 0 spiro atoms. The van der Waals surface area contributed by atoms with Crippen LogP contribution in [0, 0.1) is 10.1 Å². The largest absolute Gasteiger partial charge is 0.364 e. The minimum atomic E-state index is -3.14. The van der Waals surface area contributed by atoms with Gasteiger partial charge in [-0.15, -0.1) is 0 Å². The fourth-order valence-corrected chi connectivity index (χ4v) is 4.03. The molecule has 9 heteroatoms. The monoisotopic (exact) mass is 353 g/mol. The maximum Gasteiger partial charge on any atom is 0.293 e. The van der Waals surface area contributed by atoms with Crippen LogP contribution in [0.1, 0.15) is 30.1 Å². The van der Waals surface area contributed by atoms with E-state index in [9.17, 15) is 23.3 Å². The second kappa shape index (κ2) is 6.04. The van der Waals surface area contributed by atoms with Crippen molar-refractivity contribution in [1.82, 2.24) is 5.32 Å². The third-order valence-corrected chi connectivity index (χ3v) is 6.55. The third kappa shape index (κ3) is 3.35. The van der Waals surface area contributed by atoms with Crippen LogP contribution in [0.2, 0.25) is 0 Å². The number of hydrogen-bond donors (Lipinski definition) is 1. The fourth-order valence-electron chi connectivity index (χ4n) is 2.75. The molecule has 8 nitrogen and oxygen atoms in total. The number of carbonyl (C=O) groups is 1. The Labute approximate surface area is 139 Å². The number of nitro benzene ring substituents is 1. The van der Waals surface area contributed by atoms with Gasteiger partial charge in [0.25, 0.3) is 11.6 Å². The van der Waals surface area contributed by atoms with Gasteiger partial charge in [0.2, 0.25) is 0 Å². The number of rotatable bonds is 4. The van der Waals surface area contributed by atoms with Crippen LogP contribution in [-0.2, 0) is 9.84 Å². The highest BCUT2D eigenvalue weighted by molar-refractivity contribution is 7.92. The van der Waals surface area contributed by atoms with Crippen LogP contribution < -0.4 is 10.2 Å². The molecule has 2 aliphatic rings. The van der Waals surface area contributed by atoms with E-state index in [1.54, 1.807) is 17.9 Å². The second-order valence-electron chi connectivity index (χ2n) is 6.33. The Kier molecular flexibility index (Phi) is 4.20. The van der Waals surface area contributed by atoms with Crippen LogP contribution in [0.15, 0.2) is 18.2 Å². The van der Waals surface area contributed by atoms with Gasteiger partial charge in [-0.05, 0) is 31.9 Å². The van der Waals surface area contributed by atoms with Crippen LogP contribution in [0.3, 0.4) is 0 Å². The van der Waals surface area contributed by atoms with E-state index in [0.29, 0.717) is 5.69 Å². The first-order valence-electron chi connectivity index (χ1n) is 7.84. The topological polar surface area (TPSA) is 110 Å². The molecular formula is C15H19N3O5S. The molecule has 1 saturated carbocycles. The first-order valence-corrected chi connectivity index (χ1v) is 9.55. The molecule has 1 unspecified atom stereocenters. The van der Waals surface area contributed by atoms with Crippen molar-refractivity contribution in [3.8, 4) is 0 Å². The molecule has 24 heavy (non-hydrogen) atoms. The van der Waals surface area contributed by atoms with Gasteiger partial charge in [-0.3, -0.25) is 14.9 Å². The molecule has 1 saturated heterocycles. The summed E-state index contributed by atoms with van der Waals surface area (Å²) in [6, 6.07) is 4.52. The van der Waals surface area contributed by atoms with Crippen LogP contribution in [0.5, 0.6) is 0 Å². The van der Waals surface area contributed by atoms with E-state index in [4.69, 9.17) is 0 Å². The molecule has 0 bridgehead atoms. The number of benzene rings is 1. The lowest BCUT2D eigenvalue weighted by atomic mass is 10.1. The van der Waals surface area contributed by atoms with Gasteiger partial charge in [0, 0.05) is 30.8 Å². The van der Waals surface area contributed by atoms with Crippen molar-refractivity contribution in [2.45, 2.75) is 31.1 Å². The van der Waals surface area contributed by atoms with E-state index in [1.165, 1.54) is 12.1 Å². The summed E-state index contributed by atoms with van der Waals surface area (Å²) in [5.41, 5.74) is 0.421. The lowest BCUT2D eigenvalue weighted by Gasteiger charge is -2.32. The zero-order chi connectivity index (χ0) is 17.5. The Balaban J connectivity index is 1.87. The van der Waals surface area contributed by atoms with Crippen LogP contribution in [-0.4, -0.2) is 49.4 Å². The summed E-state index contributed by atoms with van der Waals surface area (Å²) in [5.74, 6) is -0.350. The number of carbonyl (C=O) groups excluding carboxylic acids is 1. The Hall–Kier alpha value is -2.16. The van der Waals surface area contributed by atoms with Crippen molar-refractivity contribution in [3.05, 3.63) is 33.9 Å². The van der Waals surface area contributed by atoms with Crippen molar-refractivity contribution in [2.75, 3.05) is 23.7 Å². The summed E-state index contributed by atoms with van der Waals surface area (Å²) in [6.45, 7) is 2.02. The lowest BCUT2D eigenvalue weighted by molar-refractivity contribution is -0.384. The minimum Gasteiger partial charge on any atom is -0.364 e. The highest BCUT2D eigenvalue weighted by atomic mass is 32.2. The predicted molar refractivity (Wildman–Crippen MR) is 89.0 cm³/mol. The molecule has 3 rings (SSSR count). The molecule has 1 aliphatic carbocycles. The van der Waals surface area contributed by atoms with Crippen molar-refractivity contribution < 1.29 is 18.1 Å². The Bertz CT molecular complexity index is 788. The van der Waals surface area contributed by atoms with Gasteiger partial charge >= 0.3 is 0 Å². The van der Waals surface area contributed by atoms with E-state index in [-0.39, 0.29) is 42.0 Å². The third-order valence-electron chi connectivity index (χ3n) is 4.42. The van der Waals surface area contributed by atoms with Gasteiger partial charge in [0.1, 0.15) is 5.69 Å². The zero-order valence-corrected chi connectivity index (χ0v) is 14.1. The minimum absolute atomic E-state index is 0.0325. The van der Waals surface area contributed by atoms with E-state index >= 15 is 0 Å². The van der Waals surface area contributed by atoms with E-state index in [2.05, 4.69) is 5.32 Å². The molecule has 130 valence electrons.